The lowest BCUT2D eigenvalue weighted by atomic mass is 10.0. The molecule has 0 saturated heterocycles. The summed E-state index contributed by atoms with van der Waals surface area (Å²) in [6.45, 7) is 3.68. The van der Waals surface area contributed by atoms with Gasteiger partial charge in [-0.3, -0.25) is 4.79 Å². The van der Waals surface area contributed by atoms with Gasteiger partial charge in [-0.1, -0.05) is 0 Å². The molecule has 0 aromatic heterocycles. The summed E-state index contributed by atoms with van der Waals surface area (Å²) >= 11 is 5.49. The Bertz CT molecular complexity index is 201. The van der Waals surface area contributed by atoms with Crippen LogP contribution in [0.15, 0.2) is 4.99 Å². The van der Waals surface area contributed by atoms with Crippen molar-refractivity contribution in [3.05, 3.63) is 0 Å². The van der Waals surface area contributed by atoms with Gasteiger partial charge in [0.05, 0.1) is 5.88 Å². The monoisotopic (exact) mass is 175 g/mol. The molecule has 0 bridgehead atoms. The highest BCUT2D eigenvalue weighted by molar-refractivity contribution is 6.27. The van der Waals surface area contributed by atoms with Crippen molar-refractivity contribution in [3.8, 4) is 0 Å². The Morgan fingerprint density at radius 3 is 2.73 bits per heavy atom. The van der Waals surface area contributed by atoms with Crippen LogP contribution in [-0.2, 0) is 9.53 Å². The molecule has 0 amide bonds. The summed E-state index contributed by atoms with van der Waals surface area (Å²) in [5, 5.41) is 0. The van der Waals surface area contributed by atoms with E-state index in [0.29, 0.717) is 5.90 Å². The van der Waals surface area contributed by atoms with Crippen LogP contribution in [0.2, 0.25) is 0 Å². The van der Waals surface area contributed by atoms with E-state index in [2.05, 4.69) is 4.99 Å². The Labute approximate surface area is 70.4 Å². The molecular weight excluding hydrogens is 166 g/mol. The van der Waals surface area contributed by atoms with Crippen LogP contribution in [0, 0.1) is 0 Å². The Morgan fingerprint density at radius 2 is 2.45 bits per heavy atom. The molecule has 0 aromatic carbocycles. The highest BCUT2D eigenvalue weighted by Gasteiger charge is 2.37. The number of ether oxygens (including phenoxy) is 1. The van der Waals surface area contributed by atoms with Crippen molar-refractivity contribution in [2.45, 2.75) is 25.5 Å². The second-order valence-electron chi connectivity index (χ2n) is 2.97. The number of rotatable bonds is 2. The van der Waals surface area contributed by atoms with Gasteiger partial charge >= 0.3 is 0 Å². The topological polar surface area (TPSA) is 38.7 Å². The van der Waals surface area contributed by atoms with Gasteiger partial charge in [0.25, 0.3) is 0 Å². The molecule has 0 aromatic rings. The first kappa shape index (κ1) is 8.53. The van der Waals surface area contributed by atoms with Gasteiger partial charge in [-0.2, -0.15) is 0 Å². The number of nitrogens with zero attached hydrogens (tertiary/aromatic N) is 1. The quantitative estimate of drug-likeness (QED) is 0.464. The lowest BCUT2D eigenvalue weighted by Gasteiger charge is -2.16. The maximum atomic E-state index is 10.4. The molecule has 0 aliphatic carbocycles. The normalized spacial score (nSPS) is 27.5. The van der Waals surface area contributed by atoms with Crippen LogP contribution >= 0.6 is 11.6 Å². The molecule has 1 rings (SSSR count). The minimum absolute atomic E-state index is 0.230. The third kappa shape index (κ3) is 1.53. The van der Waals surface area contributed by atoms with Crippen molar-refractivity contribution in [2.75, 3.05) is 5.88 Å². The Kier molecular flexibility index (Phi) is 2.18. The molecule has 0 saturated carbocycles. The minimum atomic E-state index is -0.476. The molecule has 3 nitrogen and oxygen atoms in total. The summed E-state index contributed by atoms with van der Waals surface area (Å²) in [4.78, 5) is 14.6. The summed E-state index contributed by atoms with van der Waals surface area (Å²) in [6, 6.07) is 0. The SMILES string of the molecule is CC1(C)N=C(CCl)OC1C=O. The largest absolute Gasteiger partial charge is 0.466 e. The molecule has 0 spiro atoms. The fourth-order valence-corrected chi connectivity index (χ4v) is 1.08. The van der Waals surface area contributed by atoms with Gasteiger partial charge in [0.1, 0.15) is 5.54 Å². The van der Waals surface area contributed by atoms with Crippen LogP contribution < -0.4 is 0 Å². The molecule has 1 unspecified atom stereocenters. The summed E-state index contributed by atoms with van der Waals surface area (Å²) in [6.07, 6.45) is 0.277. The van der Waals surface area contributed by atoms with Crippen molar-refractivity contribution in [2.24, 2.45) is 4.99 Å². The molecule has 0 N–H and O–H groups in total. The van der Waals surface area contributed by atoms with E-state index in [0.717, 1.165) is 6.29 Å². The Hall–Kier alpha value is -0.570. The number of carbonyl (C=O) groups is 1. The number of alkyl halides is 1. The van der Waals surface area contributed by atoms with Crippen molar-refractivity contribution < 1.29 is 9.53 Å². The minimum Gasteiger partial charge on any atom is -0.466 e. The fourth-order valence-electron chi connectivity index (χ4n) is 0.958. The smallest absolute Gasteiger partial charge is 0.200 e. The fraction of sp³-hybridized carbons (Fsp3) is 0.714. The van der Waals surface area contributed by atoms with Crippen LogP contribution in [0.1, 0.15) is 13.8 Å². The summed E-state index contributed by atoms with van der Waals surface area (Å²) in [5.74, 6) is 0.682. The predicted octanol–water partition coefficient (Wildman–Crippen LogP) is 1.00. The van der Waals surface area contributed by atoms with Gasteiger partial charge in [0.15, 0.2) is 18.3 Å². The van der Waals surface area contributed by atoms with Crippen molar-refractivity contribution in [1.82, 2.24) is 0 Å². The van der Waals surface area contributed by atoms with E-state index in [9.17, 15) is 4.79 Å². The molecule has 1 atom stereocenters. The van der Waals surface area contributed by atoms with Gasteiger partial charge in [-0.25, -0.2) is 4.99 Å². The van der Waals surface area contributed by atoms with Gasteiger partial charge in [-0.15, -0.1) is 11.6 Å². The van der Waals surface area contributed by atoms with E-state index in [4.69, 9.17) is 16.3 Å². The van der Waals surface area contributed by atoms with Crippen molar-refractivity contribution in [3.63, 3.8) is 0 Å². The molecular formula is C7H10ClNO2. The molecule has 1 aliphatic rings. The van der Waals surface area contributed by atoms with Gasteiger partial charge in [-0.05, 0) is 13.8 Å². The number of aliphatic imine (C=N–C) groups is 1. The third-order valence-electron chi connectivity index (χ3n) is 1.61. The van der Waals surface area contributed by atoms with Gasteiger partial charge in [0, 0.05) is 0 Å². The average Bonchev–Trinajstić information content (AvgIpc) is 2.24. The maximum Gasteiger partial charge on any atom is 0.200 e. The second-order valence-corrected chi connectivity index (χ2v) is 3.23. The second kappa shape index (κ2) is 2.81. The van der Waals surface area contributed by atoms with E-state index in [-0.39, 0.29) is 5.88 Å². The lowest BCUT2D eigenvalue weighted by molar-refractivity contribution is -0.115. The molecule has 1 aliphatic heterocycles. The summed E-state index contributed by atoms with van der Waals surface area (Å²) in [7, 11) is 0. The first-order chi connectivity index (χ1) is 5.10. The van der Waals surface area contributed by atoms with E-state index in [1.54, 1.807) is 0 Å². The van der Waals surface area contributed by atoms with E-state index in [1.165, 1.54) is 0 Å². The van der Waals surface area contributed by atoms with Crippen molar-refractivity contribution >= 4 is 23.8 Å². The summed E-state index contributed by atoms with van der Waals surface area (Å²) in [5.41, 5.74) is -0.452. The number of hydrogen-bond acceptors (Lipinski definition) is 3. The predicted molar refractivity (Wildman–Crippen MR) is 43.2 cm³/mol. The standard InChI is InChI=1S/C7H10ClNO2/c1-7(2)5(4-10)11-6(3-8)9-7/h4-5H,3H2,1-2H3. The molecule has 0 fully saturated rings. The first-order valence-corrected chi connectivity index (χ1v) is 3.90. The van der Waals surface area contributed by atoms with E-state index >= 15 is 0 Å². The van der Waals surface area contributed by atoms with E-state index < -0.39 is 11.6 Å². The zero-order valence-corrected chi connectivity index (χ0v) is 7.26. The van der Waals surface area contributed by atoms with Gasteiger partial charge in [0.2, 0.25) is 0 Å². The summed E-state index contributed by atoms with van der Waals surface area (Å²) < 4.78 is 5.12. The van der Waals surface area contributed by atoms with E-state index in [1.807, 2.05) is 13.8 Å². The molecule has 4 heteroatoms. The zero-order valence-electron chi connectivity index (χ0n) is 6.50. The van der Waals surface area contributed by atoms with Crippen LogP contribution in [0.5, 0.6) is 0 Å². The average molecular weight is 176 g/mol. The third-order valence-corrected chi connectivity index (χ3v) is 1.84. The number of halogens is 1. The molecule has 11 heavy (non-hydrogen) atoms. The number of carbonyl (C=O) groups excluding carboxylic acids is 1. The van der Waals surface area contributed by atoms with Crippen LogP contribution in [0.3, 0.4) is 0 Å². The van der Waals surface area contributed by atoms with Crippen LogP contribution in [-0.4, -0.2) is 29.7 Å². The lowest BCUT2D eigenvalue weighted by Crippen LogP contribution is -2.32. The number of aldehydes is 1. The first-order valence-electron chi connectivity index (χ1n) is 3.37. The highest BCUT2D eigenvalue weighted by Crippen LogP contribution is 2.23. The molecule has 62 valence electrons. The Balaban J connectivity index is 2.77. The zero-order chi connectivity index (χ0) is 8.48. The molecule has 1 heterocycles. The van der Waals surface area contributed by atoms with Crippen LogP contribution in [0.25, 0.3) is 0 Å². The van der Waals surface area contributed by atoms with Gasteiger partial charge < -0.3 is 4.74 Å². The Morgan fingerprint density at radius 1 is 1.82 bits per heavy atom. The maximum absolute atomic E-state index is 10.4. The number of hydrogen-bond donors (Lipinski definition) is 0. The van der Waals surface area contributed by atoms with Crippen LogP contribution in [0.4, 0.5) is 0 Å². The van der Waals surface area contributed by atoms with Crippen molar-refractivity contribution in [1.29, 1.82) is 0 Å². The molecule has 0 radical (unpaired) electrons. The highest BCUT2D eigenvalue weighted by atomic mass is 35.5.